The van der Waals surface area contributed by atoms with Crippen molar-refractivity contribution in [3.05, 3.63) is 242 Å². The highest BCUT2D eigenvalue weighted by molar-refractivity contribution is 6.22. The minimum atomic E-state index is -0.133. The van der Waals surface area contributed by atoms with Gasteiger partial charge in [0.1, 0.15) is 11.9 Å². The monoisotopic (exact) mass is 852 g/mol. The van der Waals surface area contributed by atoms with Gasteiger partial charge in [0.2, 0.25) is 0 Å². The van der Waals surface area contributed by atoms with Crippen LogP contribution in [0.1, 0.15) is 17.0 Å². The normalized spacial score (nSPS) is 15.6. The molecule has 0 radical (unpaired) electrons. The molecule has 2 unspecified atom stereocenters. The molecule has 3 heterocycles. The van der Waals surface area contributed by atoms with Crippen molar-refractivity contribution in [1.29, 1.82) is 0 Å². The molecular formula is C64H40N2O. The fourth-order valence-electron chi connectivity index (χ4n) is 12.2. The lowest BCUT2D eigenvalue weighted by molar-refractivity contribution is 0.272. The van der Waals surface area contributed by atoms with Crippen LogP contribution in [-0.2, 0) is 0 Å². The first-order chi connectivity index (χ1) is 33.3. The summed E-state index contributed by atoms with van der Waals surface area (Å²) in [6, 6.07) is 78.3. The molecule has 2 aliphatic rings. The Morgan fingerprint density at radius 1 is 0.343 bits per heavy atom. The number of allylic oxidation sites excluding steroid dienone is 2. The van der Waals surface area contributed by atoms with E-state index in [4.69, 9.17) is 4.74 Å². The van der Waals surface area contributed by atoms with Gasteiger partial charge < -0.3 is 13.9 Å². The Bertz CT molecular complexity index is 4110. The molecule has 1 aliphatic carbocycles. The van der Waals surface area contributed by atoms with Gasteiger partial charge in [0.05, 0.1) is 39.4 Å². The van der Waals surface area contributed by atoms with E-state index >= 15 is 0 Å². The molecule has 0 bridgehead atoms. The van der Waals surface area contributed by atoms with Crippen LogP contribution < -0.4 is 4.74 Å². The third kappa shape index (κ3) is 5.06. The Balaban J connectivity index is 0.957. The van der Waals surface area contributed by atoms with E-state index in [0.717, 1.165) is 5.75 Å². The van der Waals surface area contributed by atoms with Crippen LogP contribution in [0.4, 0.5) is 0 Å². The molecule has 312 valence electrons. The fraction of sp³-hybridized carbons (Fsp3) is 0.0312. The van der Waals surface area contributed by atoms with E-state index in [1.807, 2.05) is 0 Å². The number of benzene rings is 11. The van der Waals surface area contributed by atoms with Crippen molar-refractivity contribution in [3.8, 4) is 28.3 Å². The Morgan fingerprint density at radius 2 is 0.701 bits per heavy atom. The van der Waals surface area contributed by atoms with E-state index in [-0.39, 0.29) is 12.0 Å². The number of ether oxygens (including phenoxy) is 1. The summed E-state index contributed by atoms with van der Waals surface area (Å²) in [5.74, 6) is 0.933. The third-order valence-electron chi connectivity index (χ3n) is 14.8. The van der Waals surface area contributed by atoms with E-state index in [2.05, 4.69) is 240 Å². The van der Waals surface area contributed by atoms with E-state index in [1.54, 1.807) is 0 Å². The van der Waals surface area contributed by atoms with E-state index in [0.29, 0.717) is 0 Å². The highest BCUT2D eigenvalue weighted by Gasteiger charge is 2.39. The van der Waals surface area contributed by atoms with Crippen LogP contribution in [0.5, 0.6) is 5.75 Å². The van der Waals surface area contributed by atoms with Gasteiger partial charge in [-0.15, -0.1) is 0 Å². The van der Waals surface area contributed by atoms with Crippen LogP contribution in [0.15, 0.2) is 231 Å². The van der Waals surface area contributed by atoms with Crippen LogP contribution in [0.3, 0.4) is 0 Å². The predicted molar refractivity (Wildman–Crippen MR) is 281 cm³/mol. The first-order valence-electron chi connectivity index (χ1n) is 23.3. The molecule has 3 heteroatoms. The number of aromatic nitrogens is 2. The van der Waals surface area contributed by atoms with Crippen LogP contribution in [0, 0.1) is 0 Å². The molecule has 0 spiro atoms. The second-order valence-electron chi connectivity index (χ2n) is 18.2. The second kappa shape index (κ2) is 13.9. The largest absolute Gasteiger partial charge is 0.485 e. The van der Waals surface area contributed by atoms with Crippen molar-refractivity contribution >= 4 is 92.3 Å². The molecule has 13 aromatic rings. The molecule has 67 heavy (non-hydrogen) atoms. The highest BCUT2D eigenvalue weighted by atomic mass is 16.5. The molecular weight excluding hydrogens is 813 g/mol. The lowest BCUT2D eigenvalue weighted by Crippen LogP contribution is -2.19. The Morgan fingerprint density at radius 3 is 1.12 bits per heavy atom. The summed E-state index contributed by atoms with van der Waals surface area (Å²) in [6.45, 7) is 0. The Labute approximate surface area is 386 Å². The highest BCUT2D eigenvalue weighted by Crippen LogP contribution is 2.54. The summed E-state index contributed by atoms with van der Waals surface area (Å²) in [4.78, 5) is 0. The molecule has 0 N–H and O–H groups in total. The van der Waals surface area contributed by atoms with Gasteiger partial charge in [-0.3, -0.25) is 0 Å². The summed E-state index contributed by atoms with van der Waals surface area (Å²) in [5.41, 5.74) is 13.5. The first kappa shape index (κ1) is 36.7. The molecule has 15 rings (SSSR count). The van der Waals surface area contributed by atoms with Gasteiger partial charge in [-0.25, -0.2) is 0 Å². The van der Waals surface area contributed by atoms with Crippen LogP contribution in [0.2, 0.25) is 0 Å². The van der Waals surface area contributed by atoms with Crippen molar-refractivity contribution in [2.75, 3.05) is 0 Å². The molecule has 2 atom stereocenters. The number of hydrogen-bond acceptors (Lipinski definition) is 1. The van der Waals surface area contributed by atoms with Gasteiger partial charge in [0.25, 0.3) is 0 Å². The smallest absolute Gasteiger partial charge is 0.128 e. The molecule has 0 fully saturated rings. The van der Waals surface area contributed by atoms with Gasteiger partial charge in [0, 0.05) is 48.7 Å². The minimum Gasteiger partial charge on any atom is -0.485 e. The molecule has 3 nitrogen and oxygen atoms in total. The quantitative estimate of drug-likeness (QED) is 0.161. The lowest BCUT2D eigenvalue weighted by Gasteiger charge is -2.27. The molecule has 1 aliphatic heterocycles. The molecule has 0 saturated carbocycles. The zero-order valence-electron chi connectivity index (χ0n) is 36.4. The molecule has 11 aromatic carbocycles. The minimum absolute atomic E-state index is 0.0137. The Kier molecular flexibility index (Phi) is 7.62. The molecule has 2 aromatic heterocycles. The van der Waals surface area contributed by atoms with Crippen molar-refractivity contribution in [3.63, 3.8) is 0 Å². The summed E-state index contributed by atoms with van der Waals surface area (Å²) >= 11 is 0. The number of nitrogens with zero attached hydrogens (tertiary/aromatic N) is 2. The average Bonchev–Trinajstić information content (AvgIpc) is 4.05. The van der Waals surface area contributed by atoms with E-state index in [1.165, 1.54) is 126 Å². The average molecular weight is 853 g/mol. The standard InChI is InChI=1S/C64H40N2O/c1-5-26-48-44(22-1)60(45-23-2-6-27-49(45)63(48)65-54-31-13-9-18-40(54)41-19-10-14-32-55(41)65)39-36-37-58-53(38-39)62-52(30-17-35-59(62)67-58)61-46-24-3-7-28-50(46)64(51-29-8-4-25-47(51)61)66-56-33-15-11-20-42(56)43-21-12-16-34-57(43)66/h1-38,59,62H. The maximum Gasteiger partial charge on any atom is 0.128 e. The number of para-hydroxylation sites is 4. The Hall–Kier alpha value is -8.66. The van der Waals surface area contributed by atoms with Gasteiger partial charge in [-0.2, -0.15) is 0 Å². The second-order valence-corrected chi connectivity index (χ2v) is 18.2. The fourth-order valence-corrected chi connectivity index (χ4v) is 12.2. The van der Waals surface area contributed by atoms with Gasteiger partial charge in [-0.1, -0.05) is 188 Å². The molecule has 0 amide bonds. The van der Waals surface area contributed by atoms with E-state index < -0.39 is 0 Å². The SMILES string of the molecule is C1=CC2Oc3ccc(-c4c5ccccc5c(-n5c6ccccc6c6ccccc65)c5ccccc45)cc3C2C(c2c3ccccc3c(-n3c4ccccc4c4ccccc43)c3ccccc23)=C1. The summed E-state index contributed by atoms with van der Waals surface area (Å²) in [5, 5.41) is 14.9. The van der Waals surface area contributed by atoms with Crippen molar-refractivity contribution < 1.29 is 4.74 Å². The van der Waals surface area contributed by atoms with Gasteiger partial charge in [-0.05, 0) is 86.3 Å². The van der Waals surface area contributed by atoms with Gasteiger partial charge in [0.15, 0.2) is 0 Å². The van der Waals surface area contributed by atoms with E-state index in [9.17, 15) is 0 Å². The van der Waals surface area contributed by atoms with Crippen molar-refractivity contribution in [2.45, 2.75) is 12.0 Å². The maximum absolute atomic E-state index is 6.95. The zero-order valence-corrected chi connectivity index (χ0v) is 36.4. The number of fused-ring (bicyclic) bond motifs is 13. The summed E-state index contributed by atoms with van der Waals surface area (Å²) < 4.78 is 11.9. The van der Waals surface area contributed by atoms with Gasteiger partial charge >= 0.3 is 0 Å². The maximum atomic E-state index is 6.95. The van der Waals surface area contributed by atoms with Crippen LogP contribution in [-0.4, -0.2) is 15.2 Å². The summed E-state index contributed by atoms with van der Waals surface area (Å²) in [7, 11) is 0. The first-order valence-corrected chi connectivity index (χ1v) is 23.3. The number of rotatable bonds is 4. The van der Waals surface area contributed by atoms with Crippen LogP contribution in [0.25, 0.3) is 115 Å². The number of hydrogen-bond donors (Lipinski definition) is 0. The third-order valence-corrected chi connectivity index (χ3v) is 14.8. The van der Waals surface area contributed by atoms with Crippen LogP contribution >= 0.6 is 0 Å². The summed E-state index contributed by atoms with van der Waals surface area (Å²) in [6.07, 6.45) is 6.68. The van der Waals surface area contributed by atoms with Crippen molar-refractivity contribution in [2.24, 2.45) is 0 Å². The zero-order chi connectivity index (χ0) is 43.7. The molecule has 0 saturated heterocycles. The lowest BCUT2D eigenvalue weighted by atomic mass is 9.77. The van der Waals surface area contributed by atoms with Crippen molar-refractivity contribution in [1.82, 2.24) is 9.13 Å². The topological polar surface area (TPSA) is 19.1 Å². The predicted octanol–water partition coefficient (Wildman–Crippen LogP) is 16.7.